The van der Waals surface area contributed by atoms with E-state index in [1.165, 1.54) is 18.2 Å². The number of phenolic OH excluding ortho intramolecular Hbond substituents is 1. The van der Waals surface area contributed by atoms with Gasteiger partial charge in [-0.3, -0.25) is 0 Å². The molecule has 0 bridgehead atoms. The fourth-order valence-electron chi connectivity index (χ4n) is 1.10. The van der Waals surface area contributed by atoms with E-state index in [0.717, 1.165) is 0 Å². The predicted molar refractivity (Wildman–Crippen MR) is 40.6 cm³/mol. The Morgan fingerprint density at radius 1 is 1.38 bits per heavy atom. The summed E-state index contributed by atoms with van der Waals surface area (Å²) in [4.78, 5) is 0. The first-order chi connectivity index (χ1) is 6.18. The normalized spacial score (nSPS) is 11.3. The number of rotatable bonds is 1. The van der Waals surface area contributed by atoms with Gasteiger partial charge < -0.3 is 9.63 Å². The van der Waals surface area contributed by atoms with E-state index >= 15 is 0 Å². The molecule has 1 aromatic carbocycles. The molecular formula is C8H5F2NO2. The van der Waals surface area contributed by atoms with Crippen molar-refractivity contribution in [2.45, 2.75) is 6.43 Å². The summed E-state index contributed by atoms with van der Waals surface area (Å²) in [5.74, 6) is -0.0375. The first-order valence-electron chi connectivity index (χ1n) is 3.55. The number of nitrogens with zero attached hydrogens (tertiary/aromatic N) is 1. The molecule has 1 aromatic heterocycles. The molecule has 0 unspecified atom stereocenters. The smallest absolute Gasteiger partial charge is 0.284 e. The van der Waals surface area contributed by atoms with Gasteiger partial charge in [0.25, 0.3) is 6.43 Å². The molecule has 13 heavy (non-hydrogen) atoms. The van der Waals surface area contributed by atoms with Gasteiger partial charge in [0.1, 0.15) is 5.75 Å². The van der Waals surface area contributed by atoms with E-state index in [9.17, 15) is 8.78 Å². The van der Waals surface area contributed by atoms with Gasteiger partial charge in [-0.2, -0.15) is 0 Å². The first-order valence-corrected chi connectivity index (χ1v) is 3.55. The van der Waals surface area contributed by atoms with E-state index in [1.807, 2.05) is 0 Å². The Morgan fingerprint density at radius 2 is 2.15 bits per heavy atom. The SMILES string of the molecule is Oc1ccc2c(C(F)F)noc2c1. The molecular weight excluding hydrogens is 180 g/mol. The highest BCUT2D eigenvalue weighted by Crippen LogP contribution is 2.28. The number of phenols is 1. The number of hydrogen-bond donors (Lipinski definition) is 1. The molecule has 5 heteroatoms. The topological polar surface area (TPSA) is 46.3 Å². The van der Waals surface area contributed by atoms with Crippen LogP contribution in [0.25, 0.3) is 11.0 Å². The number of halogens is 2. The molecule has 3 nitrogen and oxygen atoms in total. The van der Waals surface area contributed by atoms with E-state index < -0.39 is 12.1 Å². The van der Waals surface area contributed by atoms with E-state index in [-0.39, 0.29) is 16.7 Å². The molecule has 0 amide bonds. The Morgan fingerprint density at radius 3 is 2.85 bits per heavy atom. The van der Waals surface area contributed by atoms with E-state index in [1.54, 1.807) is 0 Å². The average Bonchev–Trinajstić information content (AvgIpc) is 2.46. The Balaban J connectivity index is 2.69. The van der Waals surface area contributed by atoms with Gasteiger partial charge in [-0.25, -0.2) is 8.78 Å². The third-order valence-corrected chi connectivity index (χ3v) is 1.69. The fraction of sp³-hybridized carbons (Fsp3) is 0.125. The Hall–Kier alpha value is -1.65. The monoisotopic (exact) mass is 185 g/mol. The summed E-state index contributed by atoms with van der Waals surface area (Å²) in [6, 6.07) is 3.91. The highest BCUT2D eigenvalue weighted by molar-refractivity contribution is 5.80. The van der Waals surface area contributed by atoms with Crippen molar-refractivity contribution in [2.24, 2.45) is 0 Å². The van der Waals surface area contributed by atoms with Crippen LogP contribution in [0.15, 0.2) is 22.7 Å². The van der Waals surface area contributed by atoms with Crippen LogP contribution in [0.1, 0.15) is 12.1 Å². The van der Waals surface area contributed by atoms with E-state index in [2.05, 4.69) is 9.68 Å². The van der Waals surface area contributed by atoms with Gasteiger partial charge in [-0.15, -0.1) is 0 Å². The van der Waals surface area contributed by atoms with Crippen LogP contribution >= 0.6 is 0 Å². The maximum Gasteiger partial charge on any atom is 0.284 e. The molecule has 0 aliphatic heterocycles. The zero-order valence-electron chi connectivity index (χ0n) is 6.37. The van der Waals surface area contributed by atoms with Crippen LogP contribution in [0, 0.1) is 0 Å². The minimum Gasteiger partial charge on any atom is -0.508 e. The fourth-order valence-corrected chi connectivity index (χ4v) is 1.10. The molecule has 68 valence electrons. The van der Waals surface area contributed by atoms with Gasteiger partial charge in [0.05, 0.1) is 5.39 Å². The second kappa shape index (κ2) is 2.69. The first kappa shape index (κ1) is 7.97. The average molecular weight is 185 g/mol. The van der Waals surface area contributed by atoms with Crippen LogP contribution < -0.4 is 0 Å². The number of fused-ring (bicyclic) bond motifs is 1. The van der Waals surface area contributed by atoms with Gasteiger partial charge in [-0.1, -0.05) is 5.16 Å². The van der Waals surface area contributed by atoms with Gasteiger partial charge in [0.15, 0.2) is 11.3 Å². The van der Waals surface area contributed by atoms with Gasteiger partial charge >= 0.3 is 0 Å². The van der Waals surface area contributed by atoms with Crippen LogP contribution in [-0.4, -0.2) is 10.3 Å². The lowest BCUT2D eigenvalue weighted by Gasteiger charge is -1.92. The minimum absolute atomic E-state index is 0.0375. The number of aromatic nitrogens is 1. The largest absolute Gasteiger partial charge is 0.508 e. The van der Waals surface area contributed by atoms with Gasteiger partial charge in [-0.05, 0) is 12.1 Å². The summed E-state index contributed by atoms with van der Waals surface area (Å²) in [5, 5.41) is 12.4. The number of aromatic hydroxyl groups is 1. The molecule has 0 saturated carbocycles. The second-order valence-electron chi connectivity index (χ2n) is 2.55. The number of alkyl halides is 2. The van der Waals surface area contributed by atoms with Crippen LogP contribution in [-0.2, 0) is 0 Å². The Kier molecular flexibility index (Phi) is 1.65. The van der Waals surface area contributed by atoms with Crippen LogP contribution in [0.4, 0.5) is 8.78 Å². The van der Waals surface area contributed by atoms with Crippen molar-refractivity contribution < 1.29 is 18.4 Å². The lowest BCUT2D eigenvalue weighted by atomic mass is 10.2. The van der Waals surface area contributed by atoms with Crippen molar-refractivity contribution >= 4 is 11.0 Å². The molecule has 0 radical (unpaired) electrons. The maximum atomic E-state index is 12.2. The maximum absolute atomic E-state index is 12.2. The molecule has 2 aromatic rings. The highest BCUT2D eigenvalue weighted by Gasteiger charge is 2.17. The molecule has 0 spiro atoms. The predicted octanol–water partition coefficient (Wildman–Crippen LogP) is 2.47. The van der Waals surface area contributed by atoms with E-state index in [4.69, 9.17) is 5.11 Å². The van der Waals surface area contributed by atoms with Crippen molar-refractivity contribution in [3.05, 3.63) is 23.9 Å². The third kappa shape index (κ3) is 1.22. The van der Waals surface area contributed by atoms with Crippen LogP contribution in [0.2, 0.25) is 0 Å². The minimum atomic E-state index is -2.66. The summed E-state index contributed by atoms with van der Waals surface area (Å²) >= 11 is 0. The molecule has 1 heterocycles. The Labute approximate surface area is 71.6 Å². The molecule has 0 aliphatic carbocycles. The summed E-state index contributed by atoms with van der Waals surface area (Å²) in [6.07, 6.45) is -2.66. The lowest BCUT2D eigenvalue weighted by Crippen LogP contribution is -1.82. The highest BCUT2D eigenvalue weighted by atomic mass is 19.3. The molecule has 2 rings (SSSR count). The standard InChI is InChI=1S/C8H5F2NO2/c9-8(10)7-5-2-1-4(12)3-6(5)13-11-7/h1-3,8,12H. The van der Waals surface area contributed by atoms with Crippen molar-refractivity contribution in [3.8, 4) is 5.75 Å². The number of benzene rings is 1. The molecule has 0 aliphatic rings. The van der Waals surface area contributed by atoms with Crippen molar-refractivity contribution in [1.29, 1.82) is 0 Å². The quantitative estimate of drug-likeness (QED) is 0.742. The zero-order valence-corrected chi connectivity index (χ0v) is 6.37. The summed E-state index contributed by atoms with van der Waals surface area (Å²) in [7, 11) is 0. The van der Waals surface area contributed by atoms with Gasteiger partial charge in [0, 0.05) is 6.07 Å². The molecule has 0 saturated heterocycles. The van der Waals surface area contributed by atoms with Gasteiger partial charge in [0.2, 0.25) is 0 Å². The lowest BCUT2D eigenvalue weighted by molar-refractivity contribution is 0.142. The summed E-state index contributed by atoms with van der Waals surface area (Å²) in [6.45, 7) is 0. The third-order valence-electron chi connectivity index (χ3n) is 1.69. The summed E-state index contributed by atoms with van der Waals surface area (Å²) < 4.78 is 29.1. The molecule has 1 N–H and O–H groups in total. The van der Waals surface area contributed by atoms with Crippen molar-refractivity contribution in [1.82, 2.24) is 5.16 Å². The molecule has 0 atom stereocenters. The molecule has 0 fully saturated rings. The van der Waals surface area contributed by atoms with E-state index in [0.29, 0.717) is 0 Å². The number of hydrogen-bond acceptors (Lipinski definition) is 3. The van der Waals surface area contributed by atoms with Crippen molar-refractivity contribution in [3.63, 3.8) is 0 Å². The Bertz CT molecular complexity index is 439. The summed E-state index contributed by atoms with van der Waals surface area (Å²) in [5.41, 5.74) is -0.231. The second-order valence-corrected chi connectivity index (χ2v) is 2.55. The van der Waals surface area contributed by atoms with Crippen LogP contribution in [0.5, 0.6) is 5.75 Å². The van der Waals surface area contributed by atoms with Crippen molar-refractivity contribution in [2.75, 3.05) is 0 Å². The zero-order chi connectivity index (χ0) is 9.42. The van der Waals surface area contributed by atoms with Crippen LogP contribution in [0.3, 0.4) is 0 Å².